The van der Waals surface area contributed by atoms with E-state index in [1.165, 1.54) is 0 Å². The van der Waals surface area contributed by atoms with Crippen molar-refractivity contribution < 1.29 is 173 Å². The van der Waals surface area contributed by atoms with Gasteiger partial charge in [-0.1, -0.05) is 0 Å². The van der Waals surface area contributed by atoms with Crippen LogP contribution < -0.4 is 80.0 Å². The molecule has 12 N–H and O–H groups in total. The topological polar surface area (TPSA) is 405 Å². The Hall–Kier alpha value is -0.800. The summed E-state index contributed by atoms with van der Waals surface area (Å²) in [6, 6.07) is -3.43. The third kappa shape index (κ3) is 11.3. The van der Waals surface area contributed by atoms with Gasteiger partial charge in [0.25, 0.3) is 0 Å². The Morgan fingerprint density at radius 2 is 0.945 bits per heavy atom. The van der Waals surface area contributed by atoms with Crippen LogP contribution >= 0.6 is 0 Å². The van der Waals surface area contributed by atoms with E-state index in [0.717, 1.165) is 13.8 Å². The fourth-order valence-electron chi connectivity index (χ4n) is 6.28. The van der Waals surface area contributed by atoms with Crippen molar-refractivity contribution in [3.63, 3.8) is 0 Å². The average Bonchev–Trinajstić information content (AvgIpc) is 3.08. The fraction of sp³-hybridized carbons (Fsp3) is 0.857. The smallest absolute Gasteiger partial charge is 0.547 e. The minimum absolute atomic E-state index is 0. The average molecular weight is 821 g/mol. The molecule has 0 aliphatic carbocycles. The summed E-state index contributed by atoms with van der Waals surface area (Å²) < 4.78 is 37.7. The van der Waals surface area contributed by atoms with Gasteiger partial charge in [-0.25, -0.2) is 0 Å². The number of aliphatic hydroxyl groups excluding tert-OH is 10. The molecule has 304 valence electrons. The summed E-state index contributed by atoms with van der Waals surface area (Å²) >= 11 is 0. The molecule has 25 nitrogen and oxygen atoms in total. The summed E-state index contributed by atoms with van der Waals surface area (Å²) in [6.45, 7) is 0.0522. The molecule has 27 heteroatoms. The maximum atomic E-state index is 12.3. The van der Waals surface area contributed by atoms with E-state index >= 15 is 0 Å². The van der Waals surface area contributed by atoms with Crippen LogP contribution in [0.25, 0.3) is 0 Å². The van der Waals surface area contributed by atoms with E-state index < -0.39 is 160 Å². The zero-order valence-electron chi connectivity index (χ0n) is 29.7. The molecule has 4 aliphatic rings. The molecule has 0 aromatic rings. The van der Waals surface area contributed by atoms with Crippen LogP contribution in [0.2, 0.25) is 0 Å². The summed E-state index contributed by atoms with van der Waals surface area (Å²) in [5.74, 6) is -5.83. The first kappa shape index (κ1) is 50.3. The Labute approximate surface area is 354 Å². The molecule has 55 heavy (non-hydrogen) atoms. The van der Waals surface area contributed by atoms with E-state index in [-0.39, 0.29) is 59.1 Å². The molecule has 20 unspecified atom stereocenters. The Morgan fingerprint density at radius 3 is 1.42 bits per heavy atom. The van der Waals surface area contributed by atoms with Crippen LogP contribution in [0.4, 0.5) is 0 Å². The number of carbonyl (C=O) groups excluding carboxylic acids is 4. The van der Waals surface area contributed by atoms with E-state index in [1.807, 2.05) is 0 Å². The molecule has 4 aliphatic heterocycles. The molecule has 0 saturated carbocycles. The number of amides is 2. The molecule has 0 aromatic carbocycles. The summed E-state index contributed by atoms with van der Waals surface area (Å²) in [4.78, 5) is 47.9. The second-order valence-corrected chi connectivity index (χ2v) is 12.7. The van der Waals surface area contributed by atoms with Crippen molar-refractivity contribution in [1.29, 1.82) is 0 Å². The number of nitrogens with one attached hydrogen (secondary N) is 2. The minimum atomic E-state index is -2.42. The fourth-order valence-corrected chi connectivity index (χ4v) is 6.28. The molecule has 0 radical (unpaired) electrons. The second-order valence-electron chi connectivity index (χ2n) is 12.7. The van der Waals surface area contributed by atoms with Crippen molar-refractivity contribution in [2.75, 3.05) is 13.2 Å². The van der Waals surface area contributed by atoms with Crippen LogP contribution in [0.3, 0.4) is 0 Å². The maximum absolute atomic E-state index is 12.3. The van der Waals surface area contributed by atoms with Gasteiger partial charge in [0.1, 0.15) is 97.5 Å². The van der Waals surface area contributed by atoms with Crippen LogP contribution in [-0.2, 0) is 52.3 Å². The number of carboxylic acids is 2. The standard InChI is InChI=1S/C28H44N2O23.2Na/c1-5(33)29-9-18(11(35)7(3-31)47-25(9)46)49-28-17(41)15(39)20(22(53-28)24(44)45)51-26-10(30-6(2)34)19(12(36)8(4-32)48-26)50-27-16(40)13(37)14(38)21(52-27)23(42)43;;/h7-22,25-28,31-32,35-41,46H,3-4H2,1-2H3,(H,29,33)(H,30,34)(H,42,43)(H,44,45);;/q;2*+1/p-2. The predicted molar refractivity (Wildman–Crippen MR) is 153 cm³/mol. The Morgan fingerprint density at radius 1 is 0.527 bits per heavy atom. The van der Waals surface area contributed by atoms with Crippen LogP contribution in [-0.4, -0.2) is 211 Å². The quantitative estimate of drug-likeness (QED) is 0.0813. The van der Waals surface area contributed by atoms with Gasteiger partial charge in [-0.3, -0.25) is 9.59 Å². The van der Waals surface area contributed by atoms with Crippen molar-refractivity contribution in [2.45, 2.75) is 137 Å². The number of rotatable bonds is 12. The number of aliphatic carboxylic acids is 2. The van der Waals surface area contributed by atoms with Crippen molar-refractivity contribution in [2.24, 2.45) is 0 Å². The molecule has 0 aromatic heterocycles. The molecule has 4 saturated heterocycles. The summed E-state index contributed by atoms with van der Waals surface area (Å²) in [7, 11) is 0. The predicted octanol–water partition coefficient (Wildman–Crippen LogP) is -17.9. The number of hydrogen-bond donors (Lipinski definition) is 12. The Balaban J connectivity index is 0.00000523. The van der Waals surface area contributed by atoms with Crippen LogP contribution in [0, 0.1) is 0 Å². The number of carboxylic acid groups (broad SMARTS) is 2. The van der Waals surface area contributed by atoms with Crippen LogP contribution in [0.5, 0.6) is 0 Å². The SMILES string of the molecule is CC(=O)NC1C(O)OC(CO)C(O)C1OC1OC(C(=O)[O-])C(OC2OC(CO)C(O)C(OC3OC(C(=O)[O-])C(O)C(O)C3O)C2NC(C)=O)C(O)C1O.[Na+].[Na+]. The first-order valence-corrected chi connectivity index (χ1v) is 16.0. The number of hydrogen-bond acceptors (Lipinski definition) is 23. The van der Waals surface area contributed by atoms with Gasteiger partial charge in [0, 0.05) is 13.8 Å². The van der Waals surface area contributed by atoms with E-state index in [2.05, 4.69) is 10.6 Å². The zero-order valence-corrected chi connectivity index (χ0v) is 33.7. The van der Waals surface area contributed by atoms with Gasteiger partial charge in [-0.05, 0) is 0 Å². The molecule has 0 spiro atoms. The summed E-state index contributed by atoms with van der Waals surface area (Å²) in [5.41, 5.74) is 0. The van der Waals surface area contributed by atoms with E-state index in [4.69, 9.17) is 33.2 Å². The van der Waals surface area contributed by atoms with Crippen LogP contribution in [0.15, 0.2) is 0 Å². The van der Waals surface area contributed by atoms with Crippen molar-refractivity contribution in [3.8, 4) is 0 Å². The van der Waals surface area contributed by atoms with Crippen molar-refractivity contribution in [1.82, 2.24) is 10.6 Å². The molecule has 2 amide bonds. The monoisotopic (exact) mass is 820 g/mol. The van der Waals surface area contributed by atoms with Gasteiger partial charge >= 0.3 is 59.1 Å². The molecular formula is C28H42N2Na2O23. The number of ether oxygens (including phenoxy) is 7. The van der Waals surface area contributed by atoms with Gasteiger partial charge in [-0.15, -0.1) is 0 Å². The third-order valence-electron chi connectivity index (χ3n) is 8.92. The van der Waals surface area contributed by atoms with Gasteiger partial charge in [0.2, 0.25) is 11.8 Å². The van der Waals surface area contributed by atoms with Crippen molar-refractivity contribution >= 4 is 23.8 Å². The molecule has 4 heterocycles. The number of carbonyl (C=O) groups is 4. The van der Waals surface area contributed by atoms with E-state index in [1.54, 1.807) is 0 Å². The molecule has 0 bridgehead atoms. The van der Waals surface area contributed by atoms with Gasteiger partial charge < -0.3 is 115 Å². The molecule has 20 atom stereocenters. The first-order valence-electron chi connectivity index (χ1n) is 16.0. The summed E-state index contributed by atoms with van der Waals surface area (Å²) in [5, 5.41) is 133. The Bertz CT molecular complexity index is 1310. The van der Waals surface area contributed by atoms with Gasteiger partial charge in [-0.2, -0.15) is 0 Å². The van der Waals surface area contributed by atoms with E-state index in [0.29, 0.717) is 0 Å². The van der Waals surface area contributed by atoms with Crippen molar-refractivity contribution in [3.05, 3.63) is 0 Å². The largest absolute Gasteiger partial charge is 1.00 e. The molecular weight excluding hydrogens is 778 g/mol. The van der Waals surface area contributed by atoms with E-state index in [9.17, 15) is 80.5 Å². The minimum Gasteiger partial charge on any atom is -0.547 e. The molecule has 4 fully saturated rings. The third-order valence-corrected chi connectivity index (χ3v) is 8.92. The second kappa shape index (κ2) is 21.5. The van der Waals surface area contributed by atoms with Gasteiger partial charge in [0.15, 0.2) is 25.2 Å². The molecule has 4 rings (SSSR count). The van der Waals surface area contributed by atoms with Crippen LogP contribution in [0.1, 0.15) is 13.8 Å². The van der Waals surface area contributed by atoms with Gasteiger partial charge in [0.05, 0.1) is 25.2 Å². The number of aliphatic hydroxyl groups is 10. The normalized spacial score (nSPS) is 44.6. The first-order chi connectivity index (χ1) is 24.8. The zero-order chi connectivity index (χ0) is 39.6. The summed E-state index contributed by atoms with van der Waals surface area (Å²) in [6.07, 6.45) is -37.4. The maximum Gasteiger partial charge on any atom is 1.00 e. The Kier molecular flexibility index (Phi) is 19.6.